The lowest BCUT2D eigenvalue weighted by Gasteiger charge is -2.13. The van der Waals surface area contributed by atoms with Crippen molar-refractivity contribution in [1.29, 1.82) is 0 Å². The second-order valence-corrected chi connectivity index (χ2v) is 4.86. The van der Waals surface area contributed by atoms with Gasteiger partial charge >= 0.3 is 6.03 Å². The van der Waals surface area contributed by atoms with E-state index in [1.165, 1.54) is 6.92 Å². The fraction of sp³-hybridized carbons (Fsp3) is 0.467. The van der Waals surface area contributed by atoms with Gasteiger partial charge in [-0.05, 0) is 44.1 Å². The Morgan fingerprint density at radius 3 is 2.68 bits per heavy atom. The fourth-order valence-corrected chi connectivity index (χ4v) is 1.89. The Morgan fingerprint density at radius 2 is 2.05 bits per heavy atom. The van der Waals surface area contributed by atoms with Crippen molar-refractivity contribution >= 4 is 17.6 Å². The maximum Gasteiger partial charge on any atom is 0.316 e. The lowest BCUT2D eigenvalue weighted by Crippen LogP contribution is -2.22. The number of hydrogen-bond acceptors (Lipinski definition) is 4. The molecule has 1 rings (SSSR count). The molecular weight excluding hydrogens is 284 g/mol. The first-order valence-corrected chi connectivity index (χ1v) is 7.24. The van der Waals surface area contributed by atoms with E-state index in [1.807, 2.05) is 19.2 Å². The number of ether oxygens (including phenoxy) is 1. The second-order valence-electron chi connectivity index (χ2n) is 4.86. The zero-order chi connectivity index (χ0) is 16.4. The van der Waals surface area contributed by atoms with Gasteiger partial charge in [0, 0.05) is 13.5 Å². The van der Waals surface area contributed by atoms with Crippen molar-refractivity contribution < 1.29 is 14.3 Å². The largest absolute Gasteiger partial charge is 0.491 e. The van der Waals surface area contributed by atoms with Gasteiger partial charge in [-0.2, -0.15) is 0 Å². The second kappa shape index (κ2) is 9.62. The monoisotopic (exact) mass is 308 g/mol. The predicted molar refractivity (Wildman–Crippen MR) is 86.1 cm³/mol. The molecule has 5 N–H and O–H groups in total. The third kappa shape index (κ3) is 6.94. The van der Waals surface area contributed by atoms with Crippen LogP contribution in [0.15, 0.2) is 18.2 Å². The molecule has 0 atom stereocenters. The zero-order valence-corrected chi connectivity index (χ0v) is 13.1. The van der Waals surface area contributed by atoms with Crippen LogP contribution < -0.4 is 26.4 Å². The third-order valence-corrected chi connectivity index (χ3v) is 2.92. The zero-order valence-electron chi connectivity index (χ0n) is 13.1. The highest BCUT2D eigenvalue weighted by Crippen LogP contribution is 2.26. The average Bonchev–Trinajstić information content (AvgIpc) is 2.45. The van der Waals surface area contributed by atoms with Crippen molar-refractivity contribution in [2.75, 3.05) is 32.1 Å². The number of primary amides is 1. The Kier molecular flexibility index (Phi) is 7.77. The molecule has 0 fully saturated rings. The van der Waals surface area contributed by atoms with Crippen LogP contribution >= 0.6 is 0 Å². The highest BCUT2D eigenvalue weighted by molar-refractivity contribution is 5.89. The topological polar surface area (TPSA) is 105 Å². The minimum Gasteiger partial charge on any atom is -0.491 e. The van der Waals surface area contributed by atoms with Crippen LogP contribution in [0.5, 0.6) is 5.75 Å². The van der Waals surface area contributed by atoms with Gasteiger partial charge in [-0.15, -0.1) is 0 Å². The molecule has 3 amide bonds. The summed E-state index contributed by atoms with van der Waals surface area (Å²) in [5, 5.41) is 8.33. The molecule has 7 nitrogen and oxygen atoms in total. The van der Waals surface area contributed by atoms with E-state index in [0.29, 0.717) is 31.0 Å². The van der Waals surface area contributed by atoms with E-state index in [1.54, 1.807) is 6.07 Å². The molecule has 1 aromatic carbocycles. The van der Waals surface area contributed by atoms with Crippen LogP contribution in [-0.2, 0) is 11.2 Å². The molecule has 0 aliphatic heterocycles. The predicted octanol–water partition coefficient (Wildman–Crippen LogP) is 0.844. The Bertz CT molecular complexity index is 506. The first-order valence-electron chi connectivity index (χ1n) is 7.24. The quantitative estimate of drug-likeness (QED) is 0.507. The van der Waals surface area contributed by atoms with E-state index in [9.17, 15) is 9.59 Å². The van der Waals surface area contributed by atoms with Gasteiger partial charge in [0.25, 0.3) is 0 Å². The van der Waals surface area contributed by atoms with Crippen LogP contribution in [0.3, 0.4) is 0 Å². The molecule has 0 saturated carbocycles. The van der Waals surface area contributed by atoms with Crippen LogP contribution in [0.1, 0.15) is 18.9 Å². The summed E-state index contributed by atoms with van der Waals surface area (Å²) in [6.45, 7) is 3.41. The van der Waals surface area contributed by atoms with E-state index in [-0.39, 0.29) is 5.91 Å². The number of anilines is 1. The minimum absolute atomic E-state index is 0.0597. The Morgan fingerprint density at radius 1 is 1.27 bits per heavy atom. The average molecular weight is 308 g/mol. The number of benzene rings is 1. The van der Waals surface area contributed by atoms with Crippen LogP contribution in [0.4, 0.5) is 10.5 Å². The molecule has 0 radical (unpaired) electrons. The van der Waals surface area contributed by atoms with Crippen molar-refractivity contribution in [3.05, 3.63) is 23.8 Å². The number of carbonyl (C=O) groups is 2. The fourth-order valence-electron chi connectivity index (χ4n) is 1.89. The summed E-state index contributed by atoms with van der Waals surface area (Å²) in [6.07, 6.45) is 1.53. The summed E-state index contributed by atoms with van der Waals surface area (Å²) in [4.78, 5) is 21.9. The number of amides is 3. The van der Waals surface area contributed by atoms with Gasteiger partial charge in [-0.3, -0.25) is 4.79 Å². The molecule has 1 aromatic rings. The van der Waals surface area contributed by atoms with Crippen molar-refractivity contribution in [2.45, 2.75) is 19.8 Å². The molecule has 0 aromatic heterocycles. The Hall–Kier alpha value is -2.28. The molecule has 122 valence electrons. The lowest BCUT2D eigenvalue weighted by atomic mass is 10.1. The summed E-state index contributed by atoms with van der Waals surface area (Å²) in [5.74, 6) is 0.519. The van der Waals surface area contributed by atoms with Crippen LogP contribution in [-0.4, -0.2) is 38.7 Å². The van der Waals surface area contributed by atoms with Gasteiger partial charge in [0.15, 0.2) is 0 Å². The normalized spacial score (nSPS) is 10.1. The number of carbonyl (C=O) groups excluding carboxylic acids is 2. The Labute approximate surface area is 130 Å². The molecule has 0 aliphatic rings. The number of hydrogen-bond donors (Lipinski definition) is 4. The maximum absolute atomic E-state index is 11.0. The van der Waals surface area contributed by atoms with E-state index in [2.05, 4.69) is 16.0 Å². The first-order chi connectivity index (χ1) is 10.5. The van der Waals surface area contributed by atoms with E-state index in [0.717, 1.165) is 18.5 Å². The van der Waals surface area contributed by atoms with Gasteiger partial charge in [-0.1, -0.05) is 6.07 Å². The smallest absolute Gasteiger partial charge is 0.316 e. The molecule has 0 heterocycles. The molecule has 0 spiro atoms. The number of urea groups is 1. The lowest BCUT2D eigenvalue weighted by molar-refractivity contribution is -0.118. The molecule has 7 heteroatoms. The number of nitrogens with two attached hydrogens (primary N) is 1. The summed E-state index contributed by atoms with van der Waals surface area (Å²) in [7, 11) is 1.88. The Balaban J connectivity index is 2.71. The van der Waals surface area contributed by atoms with E-state index in [4.69, 9.17) is 10.5 Å². The molecular formula is C15H24N4O3. The summed E-state index contributed by atoms with van der Waals surface area (Å²) in [6, 6.07) is 4.84. The highest BCUT2D eigenvalue weighted by Gasteiger charge is 2.07. The number of nitrogens with one attached hydrogen (secondary N) is 3. The van der Waals surface area contributed by atoms with Crippen molar-refractivity contribution in [1.82, 2.24) is 10.6 Å². The van der Waals surface area contributed by atoms with Gasteiger partial charge in [0.1, 0.15) is 5.75 Å². The molecule has 0 unspecified atom stereocenters. The van der Waals surface area contributed by atoms with Crippen molar-refractivity contribution in [3.8, 4) is 5.75 Å². The van der Waals surface area contributed by atoms with Gasteiger partial charge in [-0.25, -0.2) is 4.79 Å². The maximum atomic E-state index is 11.0. The molecule has 0 bridgehead atoms. The minimum atomic E-state index is -0.633. The van der Waals surface area contributed by atoms with Crippen LogP contribution in [0, 0.1) is 0 Å². The highest BCUT2D eigenvalue weighted by atomic mass is 16.5. The van der Waals surface area contributed by atoms with Crippen molar-refractivity contribution in [3.63, 3.8) is 0 Å². The standard InChI is InChI=1S/C15H24N4O3/c1-11(20)18-8-6-12-4-5-13(19-15(16)21)14(10-12)22-9-3-7-17-2/h4-5,10,17H,3,6-9H2,1-2H3,(H,18,20)(H3,16,19,21). The van der Waals surface area contributed by atoms with Crippen LogP contribution in [0.2, 0.25) is 0 Å². The summed E-state index contributed by atoms with van der Waals surface area (Å²) < 4.78 is 5.71. The van der Waals surface area contributed by atoms with E-state index >= 15 is 0 Å². The molecule has 22 heavy (non-hydrogen) atoms. The molecule has 0 saturated heterocycles. The molecule has 0 aliphatic carbocycles. The van der Waals surface area contributed by atoms with Gasteiger partial charge in [0.2, 0.25) is 5.91 Å². The van der Waals surface area contributed by atoms with Crippen LogP contribution in [0.25, 0.3) is 0 Å². The first kappa shape index (κ1) is 17.8. The van der Waals surface area contributed by atoms with Crippen molar-refractivity contribution in [2.24, 2.45) is 5.73 Å². The SMILES string of the molecule is CNCCCOc1cc(CCNC(C)=O)ccc1NC(N)=O. The summed E-state index contributed by atoms with van der Waals surface area (Å²) >= 11 is 0. The van der Waals surface area contributed by atoms with Gasteiger partial charge in [0.05, 0.1) is 12.3 Å². The van der Waals surface area contributed by atoms with Gasteiger partial charge < -0.3 is 26.4 Å². The van der Waals surface area contributed by atoms with E-state index < -0.39 is 6.03 Å². The third-order valence-electron chi connectivity index (χ3n) is 2.92. The number of rotatable bonds is 9. The summed E-state index contributed by atoms with van der Waals surface area (Å²) in [5.41, 5.74) is 6.71.